The summed E-state index contributed by atoms with van der Waals surface area (Å²) in [6.45, 7) is 2.15. The monoisotopic (exact) mass is 308 g/mol. The van der Waals surface area contributed by atoms with Gasteiger partial charge in [-0.25, -0.2) is 9.97 Å². The highest BCUT2D eigenvalue weighted by Gasteiger charge is 2.22. The van der Waals surface area contributed by atoms with Gasteiger partial charge in [0.15, 0.2) is 0 Å². The molecule has 3 aromatic heterocycles. The maximum Gasteiger partial charge on any atom is 0.255 e. The van der Waals surface area contributed by atoms with Gasteiger partial charge in [0.1, 0.15) is 11.6 Å². The zero-order valence-electron chi connectivity index (χ0n) is 12.5. The van der Waals surface area contributed by atoms with Crippen molar-refractivity contribution < 1.29 is 0 Å². The standard InChI is InChI=1S/C16H16N6O/c23-16-12-9-22(10-14-18-5-6-19-14)7-3-13(12)20-15(21-16)11-2-1-4-17-8-11/h1-2,4-6,8H,3,7,9-10H2,(H,18,19)(H,20,21,23). The topological polar surface area (TPSA) is 90.6 Å². The first-order valence-corrected chi connectivity index (χ1v) is 7.52. The van der Waals surface area contributed by atoms with E-state index in [1.165, 1.54) is 0 Å². The smallest absolute Gasteiger partial charge is 0.255 e. The second kappa shape index (κ2) is 5.77. The van der Waals surface area contributed by atoms with Gasteiger partial charge in [0.25, 0.3) is 5.56 Å². The molecule has 0 radical (unpaired) electrons. The molecule has 0 bridgehead atoms. The fourth-order valence-electron chi connectivity index (χ4n) is 2.85. The number of aromatic amines is 2. The molecule has 4 heterocycles. The minimum absolute atomic E-state index is 0.0713. The lowest BCUT2D eigenvalue weighted by atomic mass is 10.1. The number of nitrogens with zero attached hydrogens (tertiary/aromatic N) is 4. The summed E-state index contributed by atoms with van der Waals surface area (Å²) in [7, 11) is 0. The van der Waals surface area contributed by atoms with Crippen LogP contribution in [-0.2, 0) is 19.5 Å². The van der Waals surface area contributed by atoms with Crippen molar-refractivity contribution in [2.24, 2.45) is 0 Å². The molecule has 1 aliphatic rings. The van der Waals surface area contributed by atoms with Crippen molar-refractivity contribution in [2.45, 2.75) is 19.5 Å². The molecule has 4 rings (SSSR count). The molecule has 0 saturated carbocycles. The Bertz CT molecular complexity index is 856. The number of H-pyrrole nitrogens is 2. The summed E-state index contributed by atoms with van der Waals surface area (Å²) in [5.74, 6) is 1.49. The molecular formula is C16H16N6O. The van der Waals surface area contributed by atoms with E-state index in [4.69, 9.17) is 0 Å². The van der Waals surface area contributed by atoms with Crippen molar-refractivity contribution >= 4 is 0 Å². The number of aromatic nitrogens is 5. The summed E-state index contributed by atoms with van der Waals surface area (Å²) in [5, 5.41) is 0. The molecule has 2 N–H and O–H groups in total. The first-order valence-electron chi connectivity index (χ1n) is 7.52. The maximum absolute atomic E-state index is 12.4. The molecular weight excluding hydrogens is 292 g/mol. The summed E-state index contributed by atoms with van der Waals surface area (Å²) < 4.78 is 0. The van der Waals surface area contributed by atoms with Gasteiger partial charge in [0, 0.05) is 49.9 Å². The van der Waals surface area contributed by atoms with Gasteiger partial charge in [-0.05, 0) is 12.1 Å². The number of hydrogen-bond acceptors (Lipinski definition) is 5. The van der Waals surface area contributed by atoms with Crippen LogP contribution in [0.2, 0.25) is 0 Å². The zero-order valence-corrected chi connectivity index (χ0v) is 12.5. The van der Waals surface area contributed by atoms with E-state index in [-0.39, 0.29) is 5.56 Å². The third kappa shape index (κ3) is 2.78. The van der Waals surface area contributed by atoms with E-state index in [9.17, 15) is 4.79 Å². The fraction of sp³-hybridized carbons (Fsp3) is 0.250. The lowest BCUT2D eigenvalue weighted by Crippen LogP contribution is -2.35. The SMILES string of the molecule is O=c1[nH]c(-c2cccnc2)nc2c1CN(Cc1ncc[nH]1)CC2. The third-order valence-electron chi connectivity index (χ3n) is 4.01. The van der Waals surface area contributed by atoms with E-state index in [2.05, 4.69) is 29.8 Å². The first kappa shape index (κ1) is 13.8. The van der Waals surface area contributed by atoms with Gasteiger partial charge in [0.05, 0.1) is 17.8 Å². The minimum atomic E-state index is -0.0713. The molecule has 0 aromatic carbocycles. The van der Waals surface area contributed by atoms with Gasteiger partial charge in [-0.1, -0.05) is 0 Å². The predicted molar refractivity (Wildman–Crippen MR) is 84.5 cm³/mol. The van der Waals surface area contributed by atoms with Crippen LogP contribution in [0, 0.1) is 0 Å². The number of imidazole rings is 1. The number of nitrogens with one attached hydrogen (secondary N) is 2. The molecule has 23 heavy (non-hydrogen) atoms. The van der Waals surface area contributed by atoms with E-state index in [0.29, 0.717) is 18.9 Å². The molecule has 0 unspecified atom stereocenters. The van der Waals surface area contributed by atoms with Crippen LogP contribution in [0.4, 0.5) is 0 Å². The number of fused-ring (bicyclic) bond motifs is 1. The molecule has 3 aromatic rings. The van der Waals surface area contributed by atoms with Crippen LogP contribution < -0.4 is 5.56 Å². The van der Waals surface area contributed by atoms with E-state index < -0.39 is 0 Å². The lowest BCUT2D eigenvalue weighted by Gasteiger charge is -2.26. The second-order valence-electron chi connectivity index (χ2n) is 5.58. The normalized spacial score (nSPS) is 14.6. The number of pyridine rings is 1. The Kier molecular flexibility index (Phi) is 3.47. The predicted octanol–water partition coefficient (Wildman–Crippen LogP) is 1.11. The third-order valence-corrected chi connectivity index (χ3v) is 4.01. The van der Waals surface area contributed by atoms with Crippen molar-refractivity contribution in [1.82, 2.24) is 29.8 Å². The lowest BCUT2D eigenvalue weighted by molar-refractivity contribution is 0.236. The van der Waals surface area contributed by atoms with Crippen LogP contribution in [0.25, 0.3) is 11.4 Å². The number of rotatable bonds is 3. The van der Waals surface area contributed by atoms with Crippen LogP contribution in [-0.4, -0.2) is 36.4 Å². The van der Waals surface area contributed by atoms with Gasteiger partial charge < -0.3 is 9.97 Å². The van der Waals surface area contributed by atoms with Gasteiger partial charge in [0.2, 0.25) is 0 Å². The molecule has 0 spiro atoms. The van der Waals surface area contributed by atoms with E-state index in [0.717, 1.165) is 35.6 Å². The Morgan fingerprint density at radius 1 is 1.30 bits per heavy atom. The molecule has 7 nitrogen and oxygen atoms in total. The Morgan fingerprint density at radius 2 is 2.26 bits per heavy atom. The Morgan fingerprint density at radius 3 is 3.04 bits per heavy atom. The minimum Gasteiger partial charge on any atom is -0.348 e. The summed E-state index contributed by atoms with van der Waals surface area (Å²) >= 11 is 0. The summed E-state index contributed by atoms with van der Waals surface area (Å²) in [6.07, 6.45) is 7.71. The highest BCUT2D eigenvalue weighted by molar-refractivity contribution is 5.53. The summed E-state index contributed by atoms with van der Waals surface area (Å²) in [5.41, 5.74) is 2.38. The molecule has 116 valence electrons. The largest absolute Gasteiger partial charge is 0.348 e. The van der Waals surface area contributed by atoms with Crippen LogP contribution >= 0.6 is 0 Å². The molecule has 0 saturated heterocycles. The Balaban J connectivity index is 1.62. The van der Waals surface area contributed by atoms with E-state index in [1.807, 2.05) is 18.3 Å². The molecule has 0 amide bonds. The average Bonchev–Trinajstić information content (AvgIpc) is 3.09. The van der Waals surface area contributed by atoms with E-state index in [1.54, 1.807) is 18.6 Å². The zero-order chi connectivity index (χ0) is 15.6. The van der Waals surface area contributed by atoms with Crippen LogP contribution in [0.5, 0.6) is 0 Å². The van der Waals surface area contributed by atoms with Crippen molar-refractivity contribution in [1.29, 1.82) is 0 Å². The Labute approximate surface area is 132 Å². The Hall–Kier alpha value is -2.80. The molecule has 7 heteroatoms. The maximum atomic E-state index is 12.4. The van der Waals surface area contributed by atoms with Crippen LogP contribution in [0.1, 0.15) is 17.1 Å². The van der Waals surface area contributed by atoms with Crippen molar-refractivity contribution in [3.63, 3.8) is 0 Å². The van der Waals surface area contributed by atoms with Crippen molar-refractivity contribution in [2.75, 3.05) is 6.54 Å². The molecule has 1 aliphatic heterocycles. The summed E-state index contributed by atoms with van der Waals surface area (Å²) in [6, 6.07) is 3.73. The van der Waals surface area contributed by atoms with Crippen molar-refractivity contribution in [3.8, 4) is 11.4 Å². The molecule has 0 fully saturated rings. The fourth-order valence-corrected chi connectivity index (χ4v) is 2.85. The van der Waals surface area contributed by atoms with E-state index >= 15 is 0 Å². The van der Waals surface area contributed by atoms with Gasteiger partial charge in [-0.3, -0.25) is 14.7 Å². The second-order valence-corrected chi connectivity index (χ2v) is 5.58. The number of hydrogen-bond donors (Lipinski definition) is 2. The van der Waals surface area contributed by atoms with Crippen LogP contribution in [0.3, 0.4) is 0 Å². The van der Waals surface area contributed by atoms with Gasteiger partial charge in [-0.2, -0.15) is 0 Å². The summed E-state index contributed by atoms with van der Waals surface area (Å²) in [4.78, 5) is 33.5. The average molecular weight is 308 g/mol. The first-order chi connectivity index (χ1) is 11.3. The highest BCUT2D eigenvalue weighted by Crippen LogP contribution is 2.18. The highest BCUT2D eigenvalue weighted by atomic mass is 16.1. The molecule has 0 atom stereocenters. The van der Waals surface area contributed by atoms with Gasteiger partial charge in [-0.15, -0.1) is 0 Å². The van der Waals surface area contributed by atoms with Crippen molar-refractivity contribution in [3.05, 3.63) is 64.4 Å². The van der Waals surface area contributed by atoms with Gasteiger partial charge >= 0.3 is 0 Å². The quantitative estimate of drug-likeness (QED) is 0.756. The van der Waals surface area contributed by atoms with Crippen LogP contribution in [0.15, 0.2) is 41.7 Å². The molecule has 0 aliphatic carbocycles.